The number of fused-ring (bicyclic) bond motifs is 1. The molecule has 4 nitrogen and oxygen atoms in total. The maximum Gasteiger partial charge on any atom is 0.226 e. The molecule has 4 heteroatoms. The highest BCUT2D eigenvalue weighted by Crippen LogP contribution is 2.29. The average Bonchev–Trinajstić information content (AvgIpc) is 3.05. The van der Waals surface area contributed by atoms with Crippen molar-refractivity contribution in [2.45, 2.75) is 38.2 Å². The maximum absolute atomic E-state index is 12.6. The summed E-state index contributed by atoms with van der Waals surface area (Å²) in [5, 5.41) is 1.16. The molecule has 2 aliphatic rings. The molecule has 2 heterocycles. The molecule has 0 saturated carbocycles. The number of hydrogen-bond acceptors (Lipinski definition) is 2. The number of piperidine rings is 1. The molecule has 1 amide bonds. The van der Waals surface area contributed by atoms with Crippen molar-refractivity contribution in [2.75, 3.05) is 13.1 Å². The molecule has 0 N–H and O–H groups in total. The number of carbonyl (C=O) groups is 1. The molecule has 1 saturated heterocycles. The second kappa shape index (κ2) is 6.95. The van der Waals surface area contributed by atoms with Crippen molar-refractivity contribution in [1.29, 1.82) is 0 Å². The van der Waals surface area contributed by atoms with Gasteiger partial charge in [-0.05, 0) is 37.5 Å². The van der Waals surface area contributed by atoms with E-state index in [1.165, 1.54) is 5.52 Å². The number of amides is 1. The number of nitrogens with zero attached hydrogens (tertiary/aromatic N) is 2. The topological polar surface area (TPSA) is 34.5 Å². The van der Waals surface area contributed by atoms with Crippen LogP contribution in [0.1, 0.15) is 32.1 Å². The fourth-order valence-electron chi connectivity index (χ4n) is 4.03. The molecule has 1 atom stereocenters. The van der Waals surface area contributed by atoms with E-state index >= 15 is 0 Å². The summed E-state index contributed by atoms with van der Waals surface area (Å²) in [6, 6.07) is 8.32. The Balaban J connectivity index is 1.37. The fraction of sp³-hybridized carbons (Fsp3) is 0.476. The van der Waals surface area contributed by atoms with Crippen molar-refractivity contribution in [2.24, 2.45) is 13.0 Å². The van der Waals surface area contributed by atoms with Crippen molar-refractivity contribution in [3.05, 3.63) is 42.6 Å². The molecule has 132 valence electrons. The van der Waals surface area contributed by atoms with E-state index in [0.717, 1.165) is 56.3 Å². The van der Waals surface area contributed by atoms with Crippen LogP contribution in [-0.2, 0) is 11.8 Å². The molecular formula is C21H26N2O2. The SMILES string of the molecule is Cn1ccc2c(OC3CCN(C(=O)C4CC=CCC4)CC3)cccc21. The van der Waals surface area contributed by atoms with Gasteiger partial charge in [-0.1, -0.05) is 18.2 Å². The van der Waals surface area contributed by atoms with E-state index in [1.807, 2.05) is 17.0 Å². The van der Waals surface area contributed by atoms with Crippen LogP contribution < -0.4 is 4.74 Å². The molecule has 1 aromatic carbocycles. The highest BCUT2D eigenvalue weighted by molar-refractivity contribution is 5.86. The van der Waals surface area contributed by atoms with Crippen LogP contribution in [0.15, 0.2) is 42.6 Å². The summed E-state index contributed by atoms with van der Waals surface area (Å²) in [6.45, 7) is 1.63. The van der Waals surface area contributed by atoms with Crippen LogP contribution in [-0.4, -0.2) is 34.6 Å². The van der Waals surface area contributed by atoms with Gasteiger partial charge < -0.3 is 14.2 Å². The van der Waals surface area contributed by atoms with Gasteiger partial charge in [0.1, 0.15) is 11.9 Å². The molecule has 0 bridgehead atoms. The summed E-state index contributed by atoms with van der Waals surface area (Å²) in [4.78, 5) is 14.7. The normalized spacial score (nSPS) is 21.6. The Bertz CT molecular complexity index is 784. The van der Waals surface area contributed by atoms with Gasteiger partial charge in [0, 0.05) is 50.5 Å². The van der Waals surface area contributed by atoms with Crippen LogP contribution in [0.4, 0.5) is 0 Å². The van der Waals surface area contributed by atoms with E-state index in [4.69, 9.17) is 4.74 Å². The summed E-state index contributed by atoms with van der Waals surface area (Å²) in [5.74, 6) is 1.49. The molecule has 0 spiro atoms. The Morgan fingerprint density at radius 3 is 2.72 bits per heavy atom. The van der Waals surface area contributed by atoms with E-state index in [0.29, 0.717) is 5.91 Å². The number of aromatic nitrogens is 1. The first kappa shape index (κ1) is 16.2. The highest BCUT2D eigenvalue weighted by atomic mass is 16.5. The average molecular weight is 338 g/mol. The smallest absolute Gasteiger partial charge is 0.226 e. The predicted octanol–water partition coefficient (Wildman–Crippen LogP) is 3.90. The summed E-state index contributed by atoms with van der Waals surface area (Å²) < 4.78 is 8.41. The lowest BCUT2D eigenvalue weighted by molar-refractivity contribution is -0.137. The molecule has 4 rings (SSSR count). The molecule has 2 aromatic rings. The first-order valence-corrected chi connectivity index (χ1v) is 9.37. The maximum atomic E-state index is 12.6. The predicted molar refractivity (Wildman–Crippen MR) is 99.6 cm³/mol. The third kappa shape index (κ3) is 3.30. The Morgan fingerprint density at radius 2 is 1.96 bits per heavy atom. The Hall–Kier alpha value is -2.23. The lowest BCUT2D eigenvalue weighted by atomic mass is 9.92. The summed E-state index contributed by atoms with van der Waals surface area (Å²) in [5.41, 5.74) is 1.19. The van der Waals surface area contributed by atoms with Crippen LogP contribution in [0.3, 0.4) is 0 Å². The van der Waals surface area contributed by atoms with Gasteiger partial charge in [-0.15, -0.1) is 0 Å². The van der Waals surface area contributed by atoms with E-state index in [9.17, 15) is 4.79 Å². The zero-order chi connectivity index (χ0) is 17.2. The minimum Gasteiger partial charge on any atom is -0.490 e. The number of ether oxygens (including phenoxy) is 1. The molecule has 1 unspecified atom stereocenters. The largest absolute Gasteiger partial charge is 0.490 e. The molecule has 1 fully saturated rings. The van der Waals surface area contributed by atoms with E-state index < -0.39 is 0 Å². The van der Waals surface area contributed by atoms with Gasteiger partial charge >= 0.3 is 0 Å². The quantitative estimate of drug-likeness (QED) is 0.796. The van der Waals surface area contributed by atoms with Gasteiger partial charge in [-0.25, -0.2) is 0 Å². The monoisotopic (exact) mass is 338 g/mol. The third-order valence-electron chi connectivity index (χ3n) is 5.55. The van der Waals surface area contributed by atoms with Crippen molar-refractivity contribution >= 4 is 16.8 Å². The number of benzene rings is 1. The molecule has 1 aliphatic heterocycles. The van der Waals surface area contributed by atoms with Crippen LogP contribution in [0.2, 0.25) is 0 Å². The number of likely N-dealkylation sites (tertiary alicyclic amines) is 1. The minimum absolute atomic E-state index is 0.195. The third-order valence-corrected chi connectivity index (χ3v) is 5.55. The number of hydrogen-bond donors (Lipinski definition) is 0. The first-order chi connectivity index (χ1) is 12.2. The van der Waals surface area contributed by atoms with Gasteiger partial charge in [-0.3, -0.25) is 4.79 Å². The van der Waals surface area contributed by atoms with Crippen LogP contribution in [0.25, 0.3) is 10.9 Å². The van der Waals surface area contributed by atoms with Crippen LogP contribution in [0.5, 0.6) is 5.75 Å². The summed E-state index contributed by atoms with van der Waals surface area (Å²) in [6.07, 6.45) is 11.4. The number of aryl methyl sites for hydroxylation is 1. The van der Waals surface area contributed by atoms with Gasteiger partial charge in [0.15, 0.2) is 0 Å². The van der Waals surface area contributed by atoms with E-state index in [-0.39, 0.29) is 12.0 Å². The molecule has 1 aromatic heterocycles. The van der Waals surface area contributed by atoms with Crippen molar-refractivity contribution in [3.8, 4) is 5.75 Å². The molecular weight excluding hydrogens is 312 g/mol. The Morgan fingerprint density at radius 1 is 1.12 bits per heavy atom. The van der Waals surface area contributed by atoms with Crippen molar-refractivity contribution in [1.82, 2.24) is 9.47 Å². The van der Waals surface area contributed by atoms with Crippen molar-refractivity contribution in [3.63, 3.8) is 0 Å². The standard InChI is InChI=1S/C21H26N2O2/c1-22-13-12-18-19(22)8-5-9-20(18)25-17-10-14-23(15-11-17)21(24)16-6-3-2-4-7-16/h2-3,5,8-9,12-13,16-17H,4,6-7,10-11,14-15H2,1H3. The van der Waals surface area contributed by atoms with E-state index in [1.54, 1.807) is 0 Å². The lowest BCUT2D eigenvalue weighted by Crippen LogP contribution is -2.44. The van der Waals surface area contributed by atoms with Crippen LogP contribution in [0, 0.1) is 5.92 Å². The number of rotatable bonds is 3. The number of allylic oxidation sites excluding steroid dienone is 2. The molecule has 25 heavy (non-hydrogen) atoms. The first-order valence-electron chi connectivity index (χ1n) is 9.37. The van der Waals surface area contributed by atoms with E-state index in [2.05, 4.69) is 42.1 Å². The summed E-state index contributed by atoms with van der Waals surface area (Å²) in [7, 11) is 2.05. The Labute approximate surface area is 149 Å². The molecule has 0 radical (unpaired) electrons. The van der Waals surface area contributed by atoms with Gasteiger partial charge in [0.25, 0.3) is 0 Å². The second-order valence-corrected chi connectivity index (χ2v) is 7.24. The number of carbonyl (C=O) groups excluding carboxylic acids is 1. The summed E-state index contributed by atoms with van der Waals surface area (Å²) >= 11 is 0. The van der Waals surface area contributed by atoms with Gasteiger partial charge in [-0.2, -0.15) is 0 Å². The zero-order valence-electron chi connectivity index (χ0n) is 14.9. The Kier molecular flexibility index (Phi) is 4.51. The van der Waals surface area contributed by atoms with Gasteiger partial charge in [0.05, 0.1) is 5.52 Å². The lowest BCUT2D eigenvalue weighted by Gasteiger charge is -2.34. The second-order valence-electron chi connectivity index (χ2n) is 7.24. The molecule has 1 aliphatic carbocycles. The highest BCUT2D eigenvalue weighted by Gasteiger charge is 2.29. The van der Waals surface area contributed by atoms with Gasteiger partial charge in [0.2, 0.25) is 5.91 Å². The van der Waals surface area contributed by atoms with Crippen LogP contribution >= 0.6 is 0 Å². The van der Waals surface area contributed by atoms with Crippen molar-refractivity contribution < 1.29 is 9.53 Å². The zero-order valence-corrected chi connectivity index (χ0v) is 14.9. The fourth-order valence-corrected chi connectivity index (χ4v) is 4.03. The minimum atomic E-state index is 0.195.